The van der Waals surface area contributed by atoms with Gasteiger partial charge in [-0.1, -0.05) is 5.92 Å². The predicted octanol–water partition coefficient (Wildman–Crippen LogP) is 3.50. The van der Waals surface area contributed by atoms with Crippen LogP contribution in [-0.2, 0) is 11.3 Å². The number of rotatable bonds is 4. The van der Waals surface area contributed by atoms with E-state index in [4.69, 9.17) is 15.6 Å². The van der Waals surface area contributed by atoms with E-state index in [0.717, 1.165) is 6.07 Å². The molecule has 0 atom stereocenters. The average Bonchev–Trinajstić information content (AvgIpc) is 2.72. The second-order valence-electron chi connectivity index (χ2n) is 6.72. The fourth-order valence-electron chi connectivity index (χ4n) is 3.32. The highest BCUT2D eigenvalue weighted by Crippen LogP contribution is 2.25. The summed E-state index contributed by atoms with van der Waals surface area (Å²) >= 11 is 0. The van der Waals surface area contributed by atoms with Crippen molar-refractivity contribution in [3.63, 3.8) is 0 Å². The Kier molecular flexibility index (Phi) is 5.19. The van der Waals surface area contributed by atoms with E-state index in [2.05, 4.69) is 11.2 Å². The van der Waals surface area contributed by atoms with Crippen LogP contribution in [0.15, 0.2) is 45.6 Å². The van der Waals surface area contributed by atoms with Gasteiger partial charge in [-0.05, 0) is 24.3 Å². The van der Waals surface area contributed by atoms with Crippen molar-refractivity contribution < 1.29 is 17.9 Å². The molecule has 0 bridgehead atoms. The summed E-state index contributed by atoms with van der Waals surface area (Å²) in [5, 5.41) is 3.32. The summed E-state index contributed by atoms with van der Waals surface area (Å²) in [5.41, 5.74) is 1.59. The number of halogens is 2. The highest BCUT2D eigenvalue weighted by molar-refractivity contribution is 5.83. The third kappa shape index (κ3) is 4.08. The van der Waals surface area contributed by atoms with Crippen molar-refractivity contribution >= 4 is 22.5 Å². The summed E-state index contributed by atoms with van der Waals surface area (Å²) in [6.45, 7) is 2.51. The minimum atomic E-state index is -0.684. The second kappa shape index (κ2) is 7.94. The number of nitrogens with zero attached hydrogens (tertiary/aromatic N) is 1. The maximum atomic E-state index is 13.5. The van der Waals surface area contributed by atoms with E-state index in [9.17, 15) is 13.6 Å². The van der Waals surface area contributed by atoms with Gasteiger partial charge in [0.05, 0.1) is 18.6 Å². The molecule has 0 unspecified atom stereocenters. The summed E-state index contributed by atoms with van der Waals surface area (Å²) < 4.78 is 38.3. The van der Waals surface area contributed by atoms with Crippen molar-refractivity contribution in [1.29, 1.82) is 0 Å². The van der Waals surface area contributed by atoms with Gasteiger partial charge in [0, 0.05) is 48.6 Å². The van der Waals surface area contributed by atoms with Crippen molar-refractivity contribution in [3.05, 3.63) is 69.4 Å². The second-order valence-corrected chi connectivity index (χ2v) is 6.72. The standard InChI is InChI=1S/C22H18F2N2O3/c1-2-14-7-15(13-25-18-10-16(23)9-17(24)11-18)22-19(8-14)20(27)12-21(29-22)26-3-5-28-6-4-26/h1,7-12,25H,3-6,13H2. The minimum absolute atomic E-state index is 0.171. The zero-order valence-electron chi connectivity index (χ0n) is 15.5. The van der Waals surface area contributed by atoms with Crippen molar-refractivity contribution in [2.75, 3.05) is 36.5 Å². The Morgan fingerprint density at radius 1 is 1.07 bits per heavy atom. The Hall–Kier alpha value is -3.37. The van der Waals surface area contributed by atoms with E-state index in [0.29, 0.717) is 54.3 Å². The fourth-order valence-corrected chi connectivity index (χ4v) is 3.32. The molecule has 0 spiro atoms. The number of anilines is 2. The Morgan fingerprint density at radius 2 is 1.79 bits per heavy atom. The van der Waals surface area contributed by atoms with Crippen LogP contribution in [-0.4, -0.2) is 26.3 Å². The molecule has 29 heavy (non-hydrogen) atoms. The van der Waals surface area contributed by atoms with Gasteiger partial charge < -0.3 is 19.4 Å². The average molecular weight is 396 g/mol. The molecule has 1 aliphatic heterocycles. The first-order valence-electron chi connectivity index (χ1n) is 9.13. The highest BCUT2D eigenvalue weighted by Gasteiger charge is 2.17. The molecule has 3 aromatic rings. The molecule has 148 valence electrons. The molecule has 1 saturated heterocycles. The van der Waals surface area contributed by atoms with Crippen molar-refractivity contribution in [1.82, 2.24) is 0 Å². The molecule has 2 aromatic carbocycles. The Bertz CT molecular complexity index is 1140. The van der Waals surface area contributed by atoms with Crippen molar-refractivity contribution in [2.45, 2.75) is 6.54 Å². The van der Waals surface area contributed by atoms with E-state index in [-0.39, 0.29) is 17.7 Å². The van der Waals surface area contributed by atoms with Gasteiger partial charge >= 0.3 is 0 Å². The number of fused-ring (bicyclic) bond motifs is 1. The number of ether oxygens (including phenoxy) is 1. The van der Waals surface area contributed by atoms with Crippen molar-refractivity contribution in [3.8, 4) is 12.3 Å². The SMILES string of the molecule is C#Cc1cc(CNc2cc(F)cc(F)c2)c2oc(N3CCOCC3)cc(=O)c2c1. The Morgan fingerprint density at radius 3 is 2.48 bits per heavy atom. The third-order valence-corrected chi connectivity index (χ3v) is 4.73. The maximum Gasteiger partial charge on any atom is 0.200 e. The van der Waals surface area contributed by atoms with Gasteiger partial charge in [-0.25, -0.2) is 8.78 Å². The monoisotopic (exact) mass is 396 g/mol. The highest BCUT2D eigenvalue weighted by atomic mass is 19.1. The lowest BCUT2D eigenvalue weighted by Gasteiger charge is -2.27. The zero-order chi connectivity index (χ0) is 20.4. The summed E-state index contributed by atoms with van der Waals surface area (Å²) in [6, 6.07) is 7.95. The van der Waals surface area contributed by atoms with Gasteiger partial charge in [0.1, 0.15) is 17.2 Å². The van der Waals surface area contributed by atoms with Crippen LogP contribution in [0.1, 0.15) is 11.1 Å². The summed E-state index contributed by atoms with van der Waals surface area (Å²) in [4.78, 5) is 14.7. The van der Waals surface area contributed by atoms with Gasteiger partial charge in [-0.3, -0.25) is 4.79 Å². The molecule has 0 aliphatic carbocycles. The third-order valence-electron chi connectivity index (χ3n) is 4.73. The first-order chi connectivity index (χ1) is 14.0. The molecule has 5 nitrogen and oxygen atoms in total. The van der Waals surface area contributed by atoms with Gasteiger partial charge in [0.15, 0.2) is 11.3 Å². The lowest BCUT2D eigenvalue weighted by molar-refractivity contribution is 0.121. The number of hydrogen-bond donors (Lipinski definition) is 1. The fraction of sp³-hybridized carbons (Fsp3) is 0.227. The lowest BCUT2D eigenvalue weighted by atomic mass is 10.1. The smallest absolute Gasteiger partial charge is 0.200 e. The van der Waals surface area contributed by atoms with E-state index in [1.807, 2.05) is 4.90 Å². The van der Waals surface area contributed by atoms with Crippen LogP contribution >= 0.6 is 0 Å². The minimum Gasteiger partial charge on any atom is -0.440 e. The summed E-state index contributed by atoms with van der Waals surface area (Å²) in [5.74, 6) is 1.61. The first-order valence-corrected chi connectivity index (χ1v) is 9.13. The quantitative estimate of drug-likeness (QED) is 0.684. The molecule has 4 rings (SSSR count). The molecular formula is C22H18F2N2O3. The van der Waals surface area contributed by atoms with Gasteiger partial charge in [0.25, 0.3) is 0 Å². The first kappa shape index (κ1) is 19.0. The molecule has 0 radical (unpaired) electrons. The zero-order valence-corrected chi connectivity index (χ0v) is 15.5. The number of benzene rings is 2. The molecular weight excluding hydrogens is 378 g/mol. The van der Waals surface area contributed by atoms with Gasteiger partial charge in [-0.2, -0.15) is 0 Å². The lowest BCUT2D eigenvalue weighted by Crippen LogP contribution is -2.36. The van der Waals surface area contributed by atoms with Gasteiger partial charge in [-0.15, -0.1) is 6.42 Å². The van der Waals surface area contributed by atoms with Crippen LogP contribution in [0.5, 0.6) is 0 Å². The van der Waals surface area contributed by atoms with Crippen LogP contribution in [0.2, 0.25) is 0 Å². The van der Waals surface area contributed by atoms with E-state index < -0.39 is 11.6 Å². The van der Waals surface area contributed by atoms with Crippen molar-refractivity contribution in [2.24, 2.45) is 0 Å². The predicted molar refractivity (Wildman–Crippen MR) is 107 cm³/mol. The van der Waals surface area contributed by atoms with Crippen LogP contribution in [0.3, 0.4) is 0 Å². The molecule has 1 aromatic heterocycles. The van der Waals surface area contributed by atoms with E-state index in [1.54, 1.807) is 12.1 Å². The molecule has 2 heterocycles. The van der Waals surface area contributed by atoms with Crippen LogP contribution in [0, 0.1) is 24.0 Å². The number of nitrogens with one attached hydrogen (secondary N) is 1. The van der Waals surface area contributed by atoms with E-state index >= 15 is 0 Å². The Balaban J connectivity index is 1.75. The van der Waals surface area contributed by atoms with Crippen LogP contribution in [0.25, 0.3) is 11.0 Å². The molecule has 1 fully saturated rings. The summed E-state index contributed by atoms with van der Waals surface area (Å²) in [6.07, 6.45) is 5.53. The summed E-state index contributed by atoms with van der Waals surface area (Å²) in [7, 11) is 0. The number of morpholine rings is 1. The molecule has 7 heteroatoms. The number of hydrogen-bond acceptors (Lipinski definition) is 5. The Labute approximate surface area is 165 Å². The van der Waals surface area contributed by atoms with Gasteiger partial charge in [0.2, 0.25) is 0 Å². The topological polar surface area (TPSA) is 54.7 Å². The van der Waals surface area contributed by atoms with Crippen LogP contribution < -0.4 is 15.6 Å². The normalized spacial score (nSPS) is 14.0. The molecule has 1 N–H and O–H groups in total. The molecule has 0 amide bonds. The van der Waals surface area contributed by atoms with E-state index in [1.165, 1.54) is 18.2 Å². The number of terminal acetylenes is 1. The molecule has 0 saturated carbocycles. The van der Waals surface area contributed by atoms with Crippen LogP contribution in [0.4, 0.5) is 20.4 Å². The largest absolute Gasteiger partial charge is 0.440 e. The maximum absolute atomic E-state index is 13.5. The molecule has 1 aliphatic rings.